The highest BCUT2D eigenvalue weighted by Gasteiger charge is 2.28. The summed E-state index contributed by atoms with van der Waals surface area (Å²) in [5.41, 5.74) is 1.44. The molecular formula is C17H27NO4. The molecule has 0 aromatic rings. The summed E-state index contributed by atoms with van der Waals surface area (Å²) < 4.78 is 10.2. The van der Waals surface area contributed by atoms with Gasteiger partial charge in [-0.15, -0.1) is 0 Å². The lowest BCUT2D eigenvalue weighted by Crippen LogP contribution is -2.41. The van der Waals surface area contributed by atoms with E-state index in [9.17, 15) is 9.59 Å². The molecule has 1 atom stereocenters. The van der Waals surface area contributed by atoms with Gasteiger partial charge in [-0.3, -0.25) is 9.59 Å². The van der Waals surface area contributed by atoms with Gasteiger partial charge in [0.25, 0.3) is 5.91 Å². The highest BCUT2D eigenvalue weighted by atomic mass is 16.5. The van der Waals surface area contributed by atoms with Crippen LogP contribution < -0.4 is 0 Å². The SMILES string of the molecule is COC(=O)CCN(CCC1=CCCCC1)C(=O)C1CCCO1. The Morgan fingerprint density at radius 1 is 1.32 bits per heavy atom. The number of amides is 1. The normalized spacial score (nSPS) is 21.3. The molecule has 1 unspecified atom stereocenters. The number of ether oxygens (including phenoxy) is 2. The van der Waals surface area contributed by atoms with Gasteiger partial charge in [-0.2, -0.15) is 0 Å². The largest absolute Gasteiger partial charge is 0.469 e. The number of carbonyl (C=O) groups is 2. The van der Waals surface area contributed by atoms with Crippen LogP contribution in [0.3, 0.4) is 0 Å². The summed E-state index contributed by atoms with van der Waals surface area (Å²) in [5, 5.41) is 0. The first-order chi connectivity index (χ1) is 10.7. The lowest BCUT2D eigenvalue weighted by molar-refractivity contribution is -0.144. The number of esters is 1. The van der Waals surface area contributed by atoms with Crippen LogP contribution in [0.2, 0.25) is 0 Å². The molecule has 1 amide bonds. The smallest absolute Gasteiger partial charge is 0.307 e. The van der Waals surface area contributed by atoms with Gasteiger partial charge < -0.3 is 14.4 Å². The minimum absolute atomic E-state index is 0.0258. The van der Waals surface area contributed by atoms with Crippen molar-refractivity contribution >= 4 is 11.9 Å². The van der Waals surface area contributed by atoms with Gasteiger partial charge in [0, 0.05) is 19.7 Å². The Labute approximate surface area is 132 Å². The molecule has 0 aromatic carbocycles. The number of hydrogen-bond acceptors (Lipinski definition) is 4. The van der Waals surface area contributed by atoms with Gasteiger partial charge in [-0.1, -0.05) is 11.6 Å². The summed E-state index contributed by atoms with van der Waals surface area (Å²) in [4.78, 5) is 25.7. The lowest BCUT2D eigenvalue weighted by atomic mass is 9.97. The van der Waals surface area contributed by atoms with E-state index in [1.54, 1.807) is 4.90 Å². The Bertz CT molecular complexity index is 413. The highest BCUT2D eigenvalue weighted by Crippen LogP contribution is 2.21. The van der Waals surface area contributed by atoms with Crippen LogP contribution in [-0.2, 0) is 19.1 Å². The van der Waals surface area contributed by atoms with Crippen LogP contribution in [-0.4, -0.2) is 49.7 Å². The molecule has 0 aromatic heterocycles. The van der Waals surface area contributed by atoms with Gasteiger partial charge in [-0.25, -0.2) is 0 Å². The Balaban J connectivity index is 1.89. The summed E-state index contributed by atoms with van der Waals surface area (Å²) in [6.45, 7) is 1.74. The molecule has 5 nitrogen and oxygen atoms in total. The van der Waals surface area contributed by atoms with Crippen molar-refractivity contribution in [3.05, 3.63) is 11.6 Å². The second-order valence-electron chi connectivity index (χ2n) is 6.01. The zero-order valence-electron chi connectivity index (χ0n) is 13.5. The highest BCUT2D eigenvalue weighted by molar-refractivity contribution is 5.81. The first-order valence-corrected chi connectivity index (χ1v) is 8.36. The zero-order chi connectivity index (χ0) is 15.8. The molecule has 1 saturated heterocycles. The molecule has 0 saturated carbocycles. The molecule has 124 valence electrons. The van der Waals surface area contributed by atoms with Gasteiger partial charge in [0.15, 0.2) is 0 Å². The van der Waals surface area contributed by atoms with E-state index < -0.39 is 0 Å². The quantitative estimate of drug-likeness (QED) is 0.535. The van der Waals surface area contributed by atoms with Crippen LogP contribution in [0.5, 0.6) is 0 Å². The number of methoxy groups -OCH3 is 1. The molecule has 1 fully saturated rings. The molecule has 2 rings (SSSR count). The van der Waals surface area contributed by atoms with E-state index in [1.165, 1.54) is 25.5 Å². The molecule has 5 heteroatoms. The maximum Gasteiger partial charge on any atom is 0.307 e. The summed E-state index contributed by atoms with van der Waals surface area (Å²) in [7, 11) is 1.38. The fraction of sp³-hybridized carbons (Fsp3) is 0.765. The van der Waals surface area contributed by atoms with Crippen LogP contribution in [0.15, 0.2) is 11.6 Å². The van der Waals surface area contributed by atoms with E-state index >= 15 is 0 Å². The fourth-order valence-corrected chi connectivity index (χ4v) is 3.05. The molecule has 0 N–H and O–H groups in total. The van der Waals surface area contributed by atoms with E-state index in [-0.39, 0.29) is 24.4 Å². The third-order valence-corrected chi connectivity index (χ3v) is 4.42. The van der Waals surface area contributed by atoms with Crippen molar-refractivity contribution in [1.29, 1.82) is 0 Å². The molecular weight excluding hydrogens is 282 g/mol. The number of carbonyl (C=O) groups excluding carboxylic acids is 2. The fourth-order valence-electron chi connectivity index (χ4n) is 3.05. The van der Waals surface area contributed by atoms with Gasteiger partial charge >= 0.3 is 5.97 Å². The van der Waals surface area contributed by atoms with E-state index in [0.717, 1.165) is 32.1 Å². The predicted octanol–water partition coefficient (Wildman–Crippen LogP) is 2.45. The molecule has 0 spiro atoms. The third kappa shape index (κ3) is 5.13. The second-order valence-corrected chi connectivity index (χ2v) is 6.01. The van der Waals surface area contributed by atoms with Gasteiger partial charge in [0.1, 0.15) is 6.10 Å². The predicted molar refractivity (Wildman–Crippen MR) is 83.4 cm³/mol. The summed E-state index contributed by atoms with van der Waals surface area (Å²) in [5.74, 6) is -0.250. The topological polar surface area (TPSA) is 55.8 Å². The van der Waals surface area contributed by atoms with Crippen LogP contribution >= 0.6 is 0 Å². The molecule has 1 aliphatic carbocycles. The Morgan fingerprint density at radius 2 is 2.18 bits per heavy atom. The van der Waals surface area contributed by atoms with E-state index in [0.29, 0.717) is 19.7 Å². The van der Waals surface area contributed by atoms with Crippen LogP contribution in [0.4, 0.5) is 0 Å². The monoisotopic (exact) mass is 309 g/mol. The summed E-state index contributed by atoms with van der Waals surface area (Å²) in [6, 6.07) is 0. The molecule has 1 heterocycles. The minimum atomic E-state index is -0.321. The Morgan fingerprint density at radius 3 is 2.82 bits per heavy atom. The molecule has 2 aliphatic rings. The van der Waals surface area contributed by atoms with Crippen molar-refractivity contribution < 1.29 is 19.1 Å². The average Bonchev–Trinajstić information content (AvgIpc) is 3.09. The number of nitrogens with zero attached hydrogens (tertiary/aromatic N) is 1. The molecule has 22 heavy (non-hydrogen) atoms. The standard InChI is InChI=1S/C17H27NO4/c1-21-16(19)10-12-18(17(20)15-8-5-13-22-15)11-9-14-6-3-2-4-7-14/h6,15H,2-5,7-13H2,1H3. The number of hydrogen-bond donors (Lipinski definition) is 0. The third-order valence-electron chi connectivity index (χ3n) is 4.42. The second kappa shape index (κ2) is 8.93. The van der Waals surface area contributed by atoms with Crippen molar-refractivity contribution in [2.45, 2.75) is 57.5 Å². The molecule has 0 bridgehead atoms. The molecule has 0 radical (unpaired) electrons. The van der Waals surface area contributed by atoms with E-state index in [2.05, 4.69) is 10.8 Å². The van der Waals surface area contributed by atoms with Crippen molar-refractivity contribution in [1.82, 2.24) is 4.90 Å². The molecule has 1 aliphatic heterocycles. The van der Waals surface area contributed by atoms with Gasteiger partial charge in [-0.05, 0) is 44.9 Å². The van der Waals surface area contributed by atoms with Crippen LogP contribution in [0, 0.1) is 0 Å². The Hall–Kier alpha value is -1.36. The first kappa shape index (κ1) is 17.0. The van der Waals surface area contributed by atoms with Crippen molar-refractivity contribution in [2.75, 3.05) is 26.8 Å². The minimum Gasteiger partial charge on any atom is -0.469 e. The Kier molecular flexibility index (Phi) is 6.90. The van der Waals surface area contributed by atoms with E-state index in [4.69, 9.17) is 4.74 Å². The number of rotatable bonds is 7. The van der Waals surface area contributed by atoms with E-state index in [1.807, 2.05) is 0 Å². The summed E-state index contributed by atoms with van der Waals surface area (Å²) >= 11 is 0. The van der Waals surface area contributed by atoms with Crippen molar-refractivity contribution in [3.8, 4) is 0 Å². The summed E-state index contributed by atoms with van der Waals surface area (Å²) in [6.07, 6.45) is 9.65. The average molecular weight is 309 g/mol. The lowest BCUT2D eigenvalue weighted by Gasteiger charge is -2.26. The maximum atomic E-state index is 12.5. The van der Waals surface area contributed by atoms with Gasteiger partial charge in [0.05, 0.1) is 13.5 Å². The number of allylic oxidation sites excluding steroid dienone is 1. The first-order valence-electron chi connectivity index (χ1n) is 8.36. The van der Waals surface area contributed by atoms with Gasteiger partial charge in [0.2, 0.25) is 0 Å². The zero-order valence-corrected chi connectivity index (χ0v) is 13.5. The maximum absolute atomic E-state index is 12.5. The van der Waals surface area contributed by atoms with Crippen molar-refractivity contribution in [2.24, 2.45) is 0 Å². The van der Waals surface area contributed by atoms with Crippen LogP contribution in [0.25, 0.3) is 0 Å². The van der Waals surface area contributed by atoms with Crippen molar-refractivity contribution in [3.63, 3.8) is 0 Å². The van der Waals surface area contributed by atoms with Crippen LogP contribution in [0.1, 0.15) is 51.4 Å².